The number of hydrogen-bond donors (Lipinski definition) is 1. The van der Waals surface area contributed by atoms with Crippen molar-refractivity contribution in [2.24, 2.45) is 7.05 Å². The van der Waals surface area contributed by atoms with Crippen molar-refractivity contribution in [1.29, 1.82) is 0 Å². The van der Waals surface area contributed by atoms with E-state index in [1.54, 1.807) is 19.4 Å². The third kappa shape index (κ3) is 1.79. The Morgan fingerprint density at radius 1 is 1.39 bits per heavy atom. The standard InChI is InChI=1S/C11H12N6O/c1-7-15-9(16-18-7)5-13-11-10-8(3-4-12-11)17(2)6-14-10/h3-4,6H,5H2,1-2H3,(H,12,13). The van der Waals surface area contributed by atoms with E-state index in [4.69, 9.17) is 4.52 Å². The summed E-state index contributed by atoms with van der Waals surface area (Å²) in [5.74, 6) is 1.87. The minimum atomic E-state index is 0.458. The third-order valence-electron chi connectivity index (χ3n) is 2.63. The number of pyridine rings is 1. The van der Waals surface area contributed by atoms with Crippen LogP contribution in [-0.4, -0.2) is 24.7 Å². The minimum Gasteiger partial charge on any atom is -0.361 e. The van der Waals surface area contributed by atoms with Crippen LogP contribution < -0.4 is 5.32 Å². The predicted octanol–water partition coefficient (Wildman–Crippen LogP) is 1.27. The molecule has 0 fully saturated rings. The zero-order chi connectivity index (χ0) is 12.5. The fourth-order valence-electron chi connectivity index (χ4n) is 1.77. The lowest BCUT2D eigenvalue weighted by Crippen LogP contribution is -2.03. The summed E-state index contributed by atoms with van der Waals surface area (Å²) >= 11 is 0. The fraction of sp³-hybridized carbons (Fsp3) is 0.273. The van der Waals surface area contributed by atoms with Crippen molar-refractivity contribution in [2.45, 2.75) is 13.5 Å². The van der Waals surface area contributed by atoms with Gasteiger partial charge in [-0.1, -0.05) is 5.16 Å². The molecule has 18 heavy (non-hydrogen) atoms. The quantitative estimate of drug-likeness (QED) is 0.747. The molecular weight excluding hydrogens is 232 g/mol. The van der Waals surface area contributed by atoms with E-state index in [2.05, 4.69) is 25.4 Å². The van der Waals surface area contributed by atoms with Crippen LogP contribution in [0.25, 0.3) is 11.0 Å². The molecule has 0 saturated carbocycles. The van der Waals surface area contributed by atoms with Gasteiger partial charge in [-0.15, -0.1) is 0 Å². The van der Waals surface area contributed by atoms with E-state index in [1.165, 1.54) is 0 Å². The molecule has 0 radical (unpaired) electrons. The molecule has 0 aliphatic heterocycles. The van der Waals surface area contributed by atoms with Gasteiger partial charge in [0.2, 0.25) is 5.89 Å². The zero-order valence-electron chi connectivity index (χ0n) is 10.1. The van der Waals surface area contributed by atoms with Crippen LogP contribution in [0.5, 0.6) is 0 Å². The number of aromatic nitrogens is 5. The van der Waals surface area contributed by atoms with E-state index in [9.17, 15) is 0 Å². The average Bonchev–Trinajstić information content (AvgIpc) is 2.94. The Kier molecular flexibility index (Phi) is 2.44. The molecule has 0 spiro atoms. The summed E-state index contributed by atoms with van der Waals surface area (Å²) in [7, 11) is 1.95. The number of nitrogens with zero attached hydrogens (tertiary/aromatic N) is 5. The second-order valence-electron chi connectivity index (χ2n) is 3.97. The van der Waals surface area contributed by atoms with Crippen molar-refractivity contribution >= 4 is 16.9 Å². The molecule has 3 heterocycles. The molecule has 3 rings (SSSR count). The molecule has 0 atom stereocenters. The number of rotatable bonds is 3. The van der Waals surface area contributed by atoms with Gasteiger partial charge in [-0.05, 0) is 6.07 Å². The van der Waals surface area contributed by atoms with Gasteiger partial charge in [0.25, 0.3) is 0 Å². The first kappa shape index (κ1) is 10.7. The summed E-state index contributed by atoms with van der Waals surface area (Å²) in [6.07, 6.45) is 3.50. The number of aryl methyl sites for hydroxylation is 2. The summed E-state index contributed by atoms with van der Waals surface area (Å²) in [4.78, 5) is 12.7. The van der Waals surface area contributed by atoms with Gasteiger partial charge in [0, 0.05) is 20.2 Å². The molecule has 3 aromatic heterocycles. The maximum Gasteiger partial charge on any atom is 0.223 e. The summed E-state index contributed by atoms with van der Waals surface area (Å²) in [6, 6.07) is 1.92. The largest absolute Gasteiger partial charge is 0.361 e. The maximum atomic E-state index is 4.90. The molecule has 0 unspecified atom stereocenters. The van der Waals surface area contributed by atoms with Crippen LogP contribution >= 0.6 is 0 Å². The Balaban J connectivity index is 1.86. The van der Waals surface area contributed by atoms with Crippen LogP contribution in [0.3, 0.4) is 0 Å². The molecule has 7 heteroatoms. The highest BCUT2D eigenvalue weighted by Crippen LogP contribution is 2.18. The lowest BCUT2D eigenvalue weighted by Gasteiger charge is -2.03. The number of anilines is 1. The first-order chi connectivity index (χ1) is 8.74. The van der Waals surface area contributed by atoms with Crippen LogP contribution in [-0.2, 0) is 13.6 Å². The second kappa shape index (κ2) is 4.10. The number of imidazole rings is 1. The summed E-state index contributed by atoms with van der Waals surface area (Å²) in [5.41, 5.74) is 1.86. The lowest BCUT2D eigenvalue weighted by molar-refractivity contribution is 0.388. The van der Waals surface area contributed by atoms with E-state index >= 15 is 0 Å². The first-order valence-corrected chi connectivity index (χ1v) is 5.53. The highest BCUT2D eigenvalue weighted by atomic mass is 16.5. The maximum absolute atomic E-state index is 4.90. The molecule has 0 aliphatic carbocycles. The minimum absolute atomic E-state index is 0.458. The summed E-state index contributed by atoms with van der Waals surface area (Å²) in [5, 5.41) is 6.97. The smallest absolute Gasteiger partial charge is 0.223 e. The van der Waals surface area contributed by atoms with Crippen LogP contribution in [0.4, 0.5) is 5.82 Å². The van der Waals surface area contributed by atoms with Crippen molar-refractivity contribution in [3.05, 3.63) is 30.3 Å². The molecule has 7 nitrogen and oxygen atoms in total. The Labute approximate surface area is 103 Å². The molecule has 0 amide bonds. The van der Waals surface area contributed by atoms with Crippen molar-refractivity contribution in [2.75, 3.05) is 5.32 Å². The van der Waals surface area contributed by atoms with Crippen LogP contribution in [0, 0.1) is 6.92 Å². The molecular formula is C11H12N6O. The van der Waals surface area contributed by atoms with Gasteiger partial charge < -0.3 is 14.4 Å². The third-order valence-corrected chi connectivity index (χ3v) is 2.63. The van der Waals surface area contributed by atoms with Gasteiger partial charge >= 0.3 is 0 Å². The molecule has 0 aromatic carbocycles. The van der Waals surface area contributed by atoms with Gasteiger partial charge in [0.1, 0.15) is 5.52 Å². The SMILES string of the molecule is Cc1nc(CNc2nccc3c2ncn3C)no1. The van der Waals surface area contributed by atoms with Gasteiger partial charge in [-0.25, -0.2) is 9.97 Å². The van der Waals surface area contributed by atoms with E-state index in [1.807, 2.05) is 17.7 Å². The second-order valence-corrected chi connectivity index (χ2v) is 3.97. The van der Waals surface area contributed by atoms with E-state index < -0.39 is 0 Å². The van der Waals surface area contributed by atoms with E-state index in [0.717, 1.165) is 16.9 Å². The van der Waals surface area contributed by atoms with Crippen LogP contribution in [0.1, 0.15) is 11.7 Å². The number of fused-ring (bicyclic) bond motifs is 1. The Bertz CT molecular complexity index is 686. The Hall–Kier alpha value is -2.44. The predicted molar refractivity (Wildman–Crippen MR) is 64.9 cm³/mol. The fourth-order valence-corrected chi connectivity index (χ4v) is 1.77. The summed E-state index contributed by atoms with van der Waals surface area (Å²) in [6.45, 7) is 2.22. The molecule has 0 saturated heterocycles. The molecule has 0 aliphatic rings. The van der Waals surface area contributed by atoms with Crippen molar-refractivity contribution in [3.8, 4) is 0 Å². The first-order valence-electron chi connectivity index (χ1n) is 5.53. The zero-order valence-corrected chi connectivity index (χ0v) is 10.1. The van der Waals surface area contributed by atoms with Crippen molar-refractivity contribution < 1.29 is 4.52 Å². The number of hydrogen-bond acceptors (Lipinski definition) is 6. The van der Waals surface area contributed by atoms with Crippen molar-refractivity contribution in [1.82, 2.24) is 24.7 Å². The van der Waals surface area contributed by atoms with Crippen LogP contribution in [0.2, 0.25) is 0 Å². The molecule has 0 bridgehead atoms. The molecule has 92 valence electrons. The van der Waals surface area contributed by atoms with Gasteiger partial charge in [0.15, 0.2) is 11.6 Å². The van der Waals surface area contributed by atoms with Gasteiger partial charge in [-0.2, -0.15) is 4.98 Å². The average molecular weight is 244 g/mol. The van der Waals surface area contributed by atoms with Crippen molar-refractivity contribution in [3.63, 3.8) is 0 Å². The Morgan fingerprint density at radius 2 is 2.28 bits per heavy atom. The van der Waals surface area contributed by atoms with Crippen LogP contribution in [0.15, 0.2) is 23.1 Å². The lowest BCUT2D eigenvalue weighted by atomic mass is 10.3. The summed E-state index contributed by atoms with van der Waals surface area (Å²) < 4.78 is 6.85. The Morgan fingerprint density at radius 3 is 3.06 bits per heavy atom. The highest BCUT2D eigenvalue weighted by Gasteiger charge is 2.08. The normalized spacial score (nSPS) is 11.0. The monoisotopic (exact) mass is 244 g/mol. The highest BCUT2D eigenvalue weighted by molar-refractivity contribution is 5.85. The topological polar surface area (TPSA) is 81.7 Å². The van der Waals surface area contributed by atoms with Gasteiger partial charge in [-0.3, -0.25) is 0 Å². The van der Waals surface area contributed by atoms with E-state index in [0.29, 0.717) is 18.3 Å². The number of nitrogens with one attached hydrogen (secondary N) is 1. The van der Waals surface area contributed by atoms with Gasteiger partial charge in [0.05, 0.1) is 18.4 Å². The van der Waals surface area contributed by atoms with E-state index in [-0.39, 0.29) is 0 Å². The molecule has 1 N–H and O–H groups in total. The molecule has 3 aromatic rings.